The molecule has 0 spiro atoms. The van der Waals surface area contributed by atoms with Gasteiger partial charge in [-0.1, -0.05) is 413 Å². The minimum Gasteiger partial charge on any atom is -0.286 e. The number of carbonyl (C=O) groups is 1. The number of unbranched alkanes of at least 4 members (excludes halogenated alkanes) is 57. The number of thioether (sulfide) groups is 3. The van der Waals surface area contributed by atoms with Gasteiger partial charge in [-0.3, -0.25) is 4.79 Å². The normalized spacial score (nSPS) is 13.4. The molecule has 0 heterocycles. The van der Waals surface area contributed by atoms with E-state index in [1.807, 2.05) is 0 Å². The Morgan fingerprint density at radius 3 is 0.588 bits per heavy atom. The fourth-order valence-electron chi connectivity index (χ4n) is 12.6. The minimum atomic E-state index is -0.424. The largest absolute Gasteiger partial charge is 0.286 e. The lowest BCUT2D eigenvalue weighted by atomic mass is 9.92. The van der Waals surface area contributed by atoms with E-state index in [0.717, 1.165) is 12.2 Å². The van der Waals surface area contributed by atoms with E-state index in [1.165, 1.54) is 416 Å². The van der Waals surface area contributed by atoms with Crippen molar-refractivity contribution in [1.82, 2.24) is 0 Å². The minimum absolute atomic E-state index is 0.0980. The second kappa shape index (κ2) is 67.6. The second-order valence-electron chi connectivity index (χ2n) is 26.1. The highest BCUT2D eigenvalue weighted by atomic mass is 32.2. The van der Waals surface area contributed by atoms with E-state index in [-0.39, 0.29) is 9.19 Å². The molecule has 0 aliphatic carbocycles. The van der Waals surface area contributed by atoms with Crippen LogP contribution in [0.2, 0.25) is 0 Å². The topological polar surface area (TPSA) is 17.1 Å². The van der Waals surface area contributed by atoms with Crippen molar-refractivity contribution in [2.75, 3.05) is 17.3 Å². The van der Waals surface area contributed by atoms with Gasteiger partial charge in [-0.15, -0.1) is 47.9 Å². The first-order valence-corrected chi connectivity index (χ1v) is 41.1. The Morgan fingerprint density at radius 1 is 0.225 bits per heavy atom. The van der Waals surface area contributed by atoms with Crippen molar-refractivity contribution >= 4 is 53.0 Å². The maximum atomic E-state index is 15.0. The maximum absolute atomic E-state index is 15.0. The van der Waals surface area contributed by atoms with Crippen molar-refractivity contribution in [3.63, 3.8) is 0 Å². The Kier molecular flexibility index (Phi) is 68.5. The van der Waals surface area contributed by atoms with E-state index in [0.29, 0.717) is 0 Å². The molecule has 2 atom stereocenters. The van der Waals surface area contributed by atoms with Crippen molar-refractivity contribution in [2.24, 2.45) is 0 Å². The molecule has 0 radical (unpaired) electrons. The van der Waals surface area contributed by atoms with Crippen LogP contribution in [-0.2, 0) is 4.79 Å². The SMILES string of the molecule is CCCCCCCCCCCCCCCCCCC(SCCCCCCCCCCCCCCCC)(C(=O)S)C(CCCCCCCCCCCC)(SCCCCCCCCCCCC)SCCCCCCCCCCCCCC. The monoisotopic (exact) mass is 1200 g/mol. The number of carbonyl (C=O) groups excluding carboxylic acids is 1. The Hall–Kier alpha value is 1.07. The lowest BCUT2D eigenvalue weighted by Crippen LogP contribution is -2.52. The first kappa shape index (κ1) is 81.1. The second-order valence-corrected chi connectivity index (χ2v) is 30.9. The molecule has 5 heteroatoms. The fourth-order valence-corrected chi connectivity index (χ4v) is 19.1. The predicted molar refractivity (Wildman–Crippen MR) is 381 cm³/mol. The van der Waals surface area contributed by atoms with Crippen LogP contribution in [-0.4, -0.2) is 31.2 Å². The summed E-state index contributed by atoms with van der Waals surface area (Å²) >= 11 is 11.9. The van der Waals surface area contributed by atoms with Crippen molar-refractivity contribution in [3.8, 4) is 0 Å². The molecule has 0 bridgehead atoms. The summed E-state index contributed by atoms with van der Waals surface area (Å²) < 4.78 is -0.522. The Bertz CT molecular complexity index is 1160. The molecule has 0 saturated carbocycles. The van der Waals surface area contributed by atoms with Gasteiger partial charge in [0.15, 0.2) is 0 Å². The van der Waals surface area contributed by atoms with Gasteiger partial charge in [-0.2, -0.15) is 0 Å². The van der Waals surface area contributed by atoms with Gasteiger partial charge in [0.05, 0.1) is 4.08 Å². The van der Waals surface area contributed by atoms with E-state index < -0.39 is 4.75 Å². The van der Waals surface area contributed by atoms with Crippen molar-refractivity contribution in [3.05, 3.63) is 0 Å². The molecule has 2 unspecified atom stereocenters. The lowest BCUT2D eigenvalue weighted by Gasteiger charge is -2.48. The molecule has 0 aliphatic rings. The van der Waals surface area contributed by atoms with Gasteiger partial charge in [0, 0.05) is 0 Å². The highest BCUT2D eigenvalue weighted by Gasteiger charge is 2.55. The number of rotatable bonds is 72. The summed E-state index contributed by atoms with van der Waals surface area (Å²) in [4.78, 5) is 15.0. The average Bonchev–Trinajstić information content (AvgIpc) is 3.57. The van der Waals surface area contributed by atoms with Gasteiger partial charge >= 0.3 is 0 Å². The highest BCUT2D eigenvalue weighted by molar-refractivity contribution is 8.20. The van der Waals surface area contributed by atoms with Crippen LogP contribution in [0.3, 0.4) is 0 Å². The van der Waals surface area contributed by atoms with Crippen LogP contribution in [0, 0.1) is 0 Å². The molecule has 80 heavy (non-hydrogen) atoms. The van der Waals surface area contributed by atoms with E-state index in [2.05, 4.69) is 69.9 Å². The molecule has 0 aliphatic heterocycles. The molecule has 480 valence electrons. The van der Waals surface area contributed by atoms with Gasteiger partial charge < -0.3 is 0 Å². The first-order valence-electron chi connectivity index (χ1n) is 37.6. The molecule has 0 fully saturated rings. The molecule has 0 N–H and O–H groups in total. The summed E-state index contributed by atoms with van der Waals surface area (Å²) in [7, 11) is 0. The Balaban J connectivity index is 6.20. The standard InChI is InChI=1S/C75H150OS4/c1-6-11-16-21-26-31-36-39-41-42-43-45-48-53-58-63-68-74(73(76)77,78-70-65-60-55-51-47-44-40-37-32-27-22-17-12-7-2)75(69-64-59-54-49-34-29-24-19-14-9-4,79-71-66-61-56-50-35-30-25-20-15-10-5)80-72-67-62-57-52-46-38-33-28-23-18-13-8-3/h6-72H2,1-5H3,(H,76,77). The molecule has 0 saturated heterocycles. The third-order valence-electron chi connectivity index (χ3n) is 18.2. The highest BCUT2D eigenvalue weighted by Crippen LogP contribution is 2.59. The van der Waals surface area contributed by atoms with Crippen LogP contribution < -0.4 is 0 Å². The quantitative estimate of drug-likeness (QED) is 0.0371. The van der Waals surface area contributed by atoms with Gasteiger partial charge in [0.1, 0.15) is 4.75 Å². The number of thiol groups is 1. The molecule has 0 amide bonds. The number of hydrogen-bond acceptors (Lipinski definition) is 4. The zero-order valence-corrected chi connectivity index (χ0v) is 59.3. The molecule has 0 aromatic carbocycles. The average molecular weight is 1200 g/mol. The summed E-state index contributed by atoms with van der Waals surface area (Å²) in [6, 6.07) is 0. The summed E-state index contributed by atoms with van der Waals surface area (Å²) in [5.41, 5.74) is 0. The first-order chi connectivity index (χ1) is 39.5. The van der Waals surface area contributed by atoms with Crippen LogP contribution in [0.4, 0.5) is 0 Å². The fraction of sp³-hybridized carbons (Fsp3) is 0.987. The molecule has 0 aromatic heterocycles. The van der Waals surface area contributed by atoms with Crippen LogP contribution in [0.1, 0.15) is 446 Å². The summed E-state index contributed by atoms with van der Waals surface area (Å²) in [6.07, 6.45) is 88.6. The van der Waals surface area contributed by atoms with Gasteiger partial charge in [-0.25, -0.2) is 0 Å². The summed E-state index contributed by atoms with van der Waals surface area (Å²) in [5, 5.41) is 0.235. The van der Waals surface area contributed by atoms with E-state index >= 15 is 4.79 Å². The van der Waals surface area contributed by atoms with Crippen molar-refractivity contribution in [2.45, 2.75) is 454 Å². The molecule has 0 aromatic rings. The summed E-state index contributed by atoms with van der Waals surface area (Å²) in [6.45, 7) is 11.6. The number of hydrogen-bond donors (Lipinski definition) is 1. The van der Waals surface area contributed by atoms with Gasteiger partial charge in [0.2, 0.25) is 5.12 Å². The maximum Gasteiger partial charge on any atom is 0.204 e. The smallest absolute Gasteiger partial charge is 0.204 e. The summed E-state index contributed by atoms with van der Waals surface area (Å²) in [5.74, 6) is 3.54. The molecular formula is C75H150OS4. The third kappa shape index (κ3) is 52.2. The molecular weight excluding hydrogens is 1050 g/mol. The molecule has 0 rings (SSSR count). The lowest BCUT2D eigenvalue weighted by molar-refractivity contribution is -0.113. The van der Waals surface area contributed by atoms with Crippen LogP contribution in [0.15, 0.2) is 0 Å². The van der Waals surface area contributed by atoms with Gasteiger partial charge in [-0.05, 0) is 49.4 Å². The third-order valence-corrected chi connectivity index (χ3v) is 24.5. The Labute approximate surface area is 525 Å². The van der Waals surface area contributed by atoms with Crippen molar-refractivity contribution in [1.29, 1.82) is 0 Å². The molecule has 1 nitrogen and oxygen atoms in total. The zero-order chi connectivity index (χ0) is 58.1. The predicted octanol–water partition coefficient (Wildman–Crippen LogP) is 29.1. The van der Waals surface area contributed by atoms with Crippen LogP contribution in [0.5, 0.6) is 0 Å². The Morgan fingerprint density at radius 2 is 0.388 bits per heavy atom. The van der Waals surface area contributed by atoms with Crippen LogP contribution >= 0.6 is 47.9 Å². The van der Waals surface area contributed by atoms with E-state index in [4.69, 9.17) is 12.6 Å². The zero-order valence-electron chi connectivity index (χ0n) is 56.0. The van der Waals surface area contributed by atoms with E-state index in [9.17, 15) is 0 Å². The van der Waals surface area contributed by atoms with Crippen LogP contribution in [0.25, 0.3) is 0 Å². The van der Waals surface area contributed by atoms with Crippen molar-refractivity contribution < 1.29 is 4.79 Å². The van der Waals surface area contributed by atoms with E-state index in [1.54, 1.807) is 0 Å². The van der Waals surface area contributed by atoms with Gasteiger partial charge in [0.25, 0.3) is 0 Å².